The normalized spacial score (nSPS) is 10.3. The van der Waals surface area contributed by atoms with Crippen LogP contribution in [-0.4, -0.2) is 4.98 Å². The van der Waals surface area contributed by atoms with Crippen molar-refractivity contribution in [1.29, 1.82) is 5.26 Å². The highest BCUT2D eigenvalue weighted by atomic mass is 14.8. The first-order chi connectivity index (χ1) is 11.1. The van der Waals surface area contributed by atoms with Crippen molar-refractivity contribution >= 4 is 5.82 Å². The lowest BCUT2D eigenvalue weighted by molar-refractivity contribution is 1.28. The molecule has 3 nitrogen and oxygen atoms in total. The first-order valence-electron chi connectivity index (χ1n) is 7.44. The molecule has 23 heavy (non-hydrogen) atoms. The number of rotatable bonds is 2. The number of anilines is 1. The Hall–Kier alpha value is -3.12. The van der Waals surface area contributed by atoms with Gasteiger partial charge in [0.2, 0.25) is 0 Å². The molecule has 0 saturated heterocycles. The first-order valence-corrected chi connectivity index (χ1v) is 7.44. The van der Waals surface area contributed by atoms with Crippen molar-refractivity contribution in [2.45, 2.75) is 13.8 Å². The molecule has 0 amide bonds. The number of hydrogen-bond donors (Lipinski definition) is 1. The summed E-state index contributed by atoms with van der Waals surface area (Å²) in [6, 6.07) is 20.1. The number of aromatic nitrogens is 1. The fourth-order valence-electron chi connectivity index (χ4n) is 2.77. The number of nitriles is 1. The van der Waals surface area contributed by atoms with Gasteiger partial charge in [0.25, 0.3) is 0 Å². The van der Waals surface area contributed by atoms with Gasteiger partial charge >= 0.3 is 0 Å². The van der Waals surface area contributed by atoms with Gasteiger partial charge in [0, 0.05) is 11.1 Å². The highest BCUT2D eigenvalue weighted by Crippen LogP contribution is 2.32. The number of pyridine rings is 1. The lowest BCUT2D eigenvalue weighted by Gasteiger charge is -2.12. The predicted octanol–water partition coefficient (Wildman–Crippen LogP) is 4.49. The third-order valence-corrected chi connectivity index (χ3v) is 3.90. The Balaban J connectivity index is 2.25. The van der Waals surface area contributed by atoms with Crippen LogP contribution in [0.1, 0.15) is 16.7 Å². The minimum absolute atomic E-state index is 0.267. The van der Waals surface area contributed by atoms with Crippen LogP contribution in [0.4, 0.5) is 5.82 Å². The number of nitrogens with zero attached hydrogens (tertiary/aromatic N) is 2. The Morgan fingerprint density at radius 3 is 2.35 bits per heavy atom. The van der Waals surface area contributed by atoms with Gasteiger partial charge < -0.3 is 5.73 Å². The van der Waals surface area contributed by atoms with Gasteiger partial charge in [-0.1, -0.05) is 54.1 Å². The van der Waals surface area contributed by atoms with Crippen molar-refractivity contribution in [3.05, 3.63) is 71.3 Å². The maximum absolute atomic E-state index is 9.44. The second-order valence-corrected chi connectivity index (χ2v) is 5.61. The minimum atomic E-state index is 0.267. The van der Waals surface area contributed by atoms with Crippen LogP contribution < -0.4 is 5.73 Å². The third-order valence-electron chi connectivity index (χ3n) is 3.90. The van der Waals surface area contributed by atoms with Crippen LogP contribution in [0.5, 0.6) is 0 Å². The van der Waals surface area contributed by atoms with Gasteiger partial charge in [0.05, 0.1) is 5.69 Å². The molecule has 0 aliphatic carbocycles. The molecule has 3 aromatic rings. The lowest BCUT2D eigenvalue weighted by atomic mass is 9.96. The smallest absolute Gasteiger partial charge is 0.142 e. The number of aryl methyl sites for hydroxylation is 2. The van der Waals surface area contributed by atoms with Crippen molar-refractivity contribution in [2.75, 3.05) is 5.73 Å². The van der Waals surface area contributed by atoms with E-state index in [0.717, 1.165) is 27.9 Å². The molecule has 0 atom stereocenters. The van der Waals surface area contributed by atoms with Crippen LogP contribution in [-0.2, 0) is 0 Å². The predicted molar refractivity (Wildman–Crippen MR) is 93.7 cm³/mol. The molecule has 1 aromatic heterocycles. The molecule has 0 fully saturated rings. The highest BCUT2D eigenvalue weighted by Gasteiger charge is 2.14. The van der Waals surface area contributed by atoms with Crippen molar-refractivity contribution < 1.29 is 0 Å². The van der Waals surface area contributed by atoms with Crippen molar-refractivity contribution in [1.82, 2.24) is 4.98 Å². The highest BCUT2D eigenvalue weighted by molar-refractivity contribution is 5.80. The van der Waals surface area contributed by atoms with E-state index < -0.39 is 0 Å². The molecule has 3 rings (SSSR count). The topological polar surface area (TPSA) is 62.7 Å². The van der Waals surface area contributed by atoms with Crippen LogP contribution in [0.25, 0.3) is 22.4 Å². The number of hydrogen-bond acceptors (Lipinski definition) is 3. The second kappa shape index (κ2) is 5.94. The van der Waals surface area contributed by atoms with E-state index in [1.54, 1.807) is 0 Å². The Morgan fingerprint density at radius 2 is 1.70 bits per heavy atom. The van der Waals surface area contributed by atoms with E-state index in [-0.39, 0.29) is 5.82 Å². The molecular formula is C20H17N3. The van der Waals surface area contributed by atoms with Gasteiger partial charge in [0.1, 0.15) is 17.5 Å². The van der Waals surface area contributed by atoms with Crippen LogP contribution in [0, 0.1) is 25.2 Å². The monoisotopic (exact) mass is 299 g/mol. The van der Waals surface area contributed by atoms with E-state index in [1.165, 1.54) is 5.56 Å². The van der Waals surface area contributed by atoms with E-state index in [2.05, 4.69) is 37.0 Å². The summed E-state index contributed by atoms with van der Waals surface area (Å²) >= 11 is 0. The third kappa shape index (κ3) is 2.79. The van der Waals surface area contributed by atoms with Crippen LogP contribution in [0.15, 0.2) is 54.6 Å². The Bertz CT molecular complexity index is 906. The molecule has 0 unspecified atom stereocenters. The number of nitrogen functional groups attached to an aromatic ring is 1. The molecule has 3 heteroatoms. The maximum atomic E-state index is 9.44. The lowest BCUT2D eigenvalue weighted by Crippen LogP contribution is -2.00. The molecule has 0 saturated carbocycles. The van der Waals surface area contributed by atoms with Gasteiger partial charge in [-0.2, -0.15) is 5.26 Å². The van der Waals surface area contributed by atoms with E-state index in [0.29, 0.717) is 5.56 Å². The van der Waals surface area contributed by atoms with E-state index in [4.69, 9.17) is 5.73 Å². The summed E-state index contributed by atoms with van der Waals surface area (Å²) in [6.07, 6.45) is 0. The first kappa shape index (κ1) is 14.8. The summed E-state index contributed by atoms with van der Waals surface area (Å²) in [5.41, 5.74) is 12.4. The summed E-state index contributed by atoms with van der Waals surface area (Å²) < 4.78 is 0. The van der Waals surface area contributed by atoms with E-state index >= 15 is 0 Å². The zero-order valence-electron chi connectivity index (χ0n) is 13.2. The molecule has 2 aromatic carbocycles. The summed E-state index contributed by atoms with van der Waals surface area (Å²) in [4.78, 5) is 4.45. The molecule has 0 radical (unpaired) electrons. The zero-order chi connectivity index (χ0) is 16.4. The molecule has 2 N–H and O–H groups in total. The SMILES string of the molecule is Cc1ccc(-c2cc(-c3ccccc3)c(C#N)c(N)n2)c(C)c1. The van der Waals surface area contributed by atoms with Crippen LogP contribution in [0.2, 0.25) is 0 Å². The second-order valence-electron chi connectivity index (χ2n) is 5.61. The minimum Gasteiger partial charge on any atom is -0.383 e. The van der Waals surface area contributed by atoms with Gasteiger partial charge in [-0.05, 0) is 31.0 Å². The van der Waals surface area contributed by atoms with Gasteiger partial charge in [-0.25, -0.2) is 4.98 Å². The van der Waals surface area contributed by atoms with Crippen LogP contribution in [0.3, 0.4) is 0 Å². The molecule has 0 aliphatic rings. The van der Waals surface area contributed by atoms with Gasteiger partial charge in [-0.3, -0.25) is 0 Å². The summed E-state index contributed by atoms with van der Waals surface area (Å²) in [7, 11) is 0. The van der Waals surface area contributed by atoms with Crippen LogP contribution >= 0.6 is 0 Å². The molecule has 1 heterocycles. The molecule has 0 spiro atoms. The van der Waals surface area contributed by atoms with Crippen molar-refractivity contribution in [3.63, 3.8) is 0 Å². The average Bonchev–Trinajstić information content (AvgIpc) is 2.55. The number of benzene rings is 2. The summed E-state index contributed by atoms with van der Waals surface area (Å²) in [5.74, 6) is 0.267. The van der Waals surface area contributed by atoms with Gasteiger partial charge in [-0.15, -0.1) is 0 Å². The molecule has 0 aliphatic heterocycles. The zero-order valence-corrected chi connectivity index (χ0v) is 13.2. The average molecular weight is 299 g/mol. The largest absolute Gasteiger partial charge is 0.383 e. The molecular weight excluding hydrogens is 282 g/mol. The number of nitrogens with two attached hydrogens (primary N) is 1. The quantitative estimate of drug-likeness (QED) is 0.758. The van der Waals surface area contributed by atoms with E-state index in [1.807, 2.05) is 42.5 Å². The van der Waals surface area contributed by atoms with Gasteiger partial charge in [0.15, 0.2) is 0 Å². The summed E-state index contributed by atoms with van der Waals surface area (Å²) in [5, 5.41) is 9.44. The molecule has 112 valence electrons. The van der Waals surface area contributed by atoms with E-state index in [9.17, 15) is 5.26 Å². The van der Waals surface area contributed by atoms with Crippen molar-refractivity contribution in [3.8, 4) is 28.5 Å². The Morgan fingerprint density at radius 1 is 0.957 bits per heavy atom. The summed E-state index contributed by atoms with van der Waals surface area (Å²) in [6.45, 7) is 4.12. The maximum Gasteiger partial charge on any atom is 0.142 e. The fraction of sp³-hybridized carbons (Fsp3) is 0.100. The van der Waals surface area contributed by atoms with Crippen molar-refractivity contribution in [2.24, 2.45) is 0 Å². The standard InChI is InChI=1S/C20H17N3/c1-13-8-9-16(14(2)10-13)19-11-17(15-6-4-3-5-7-15)18(12-21)20(22)23-19/h3-11H,1-2H3,(H2,22,23). The Kier molecular flexibility index (Phi) is 3.82. The molecule has 0 bridgehead atoms. The fourth-order valence-corrected chi connectivity index (χ4v) is 2.77. The Labute approximate surface area is 136 Å².